The van der Waals surface area contributed by atoms with E-state index >= 15 is 0 Å². The van der Waals surface area contributed by atoms with Crippen molar-refractivity contribution in [2.24, 2.45) is 0 Å². The predicted octanol–water partition coefficient (Wildman–Crippen LogP) is 2.24. The van der Waals surface area contributed by atoms with Crippen molar-refractivity contribution in [2.45, 2.75) is 36.8 Å². The number of nitrogens with one attached hydrogen (secondary N) is 1. The minimum absolute atomic E-state index is 0.207. The Morgan fingerprint density at radius 1 is 1.06 bits per heavy atom. The highest BCUT2D eigenvalue weighted by Crippen LogP contribution is 2.21. The largest absolute Gasteiger partial charge is 0.317 e. The number of benzene rings is 1. The average Bonchev–Trinajstić information content (AvgIpc) is 2.43. The van der Waals surface area contributed by atoms with E-state index in [1.165, 1.54) is 0 Å². The maximum absolute atomic E-state index is 12.2. The predicted molar refractivity (Wildman–Crippen MR) is 70.9 cm³/mol. The quantitative estimate of drug-likeness (QED) is 0.881. The van der Waals surface area contributed by atoms with E-state index < -0.39 is 9.84 Å². The van der Waals surface area contributed by atoms with Crippen molar-refractivity contribution >= 4 is 9.84 Å². The van der Waals surface area contributed by atoms with E-state index in [1.807, 2.05) is 19.9 Å². The van der Waals surface area contributed by atoms with Crippen LogP contribution in [0.15, 0.2) is 35.2 Å². The topological polar surface area (TPSA) is 46.2 Å². The van der Waals surface area contributed by atoms with Crippen molar-refractivity contribution in [2.75, 3.05) is 13.1 Å². The van der Waals surface area contributed by atoms with Crippen molar-refractivity contribution in [3.63, 3.8) is 0 Å². The first-order valence-electron chi connectivity index (χ1n) is 6.21. The summed E-state index contributed by atoms with van der Waals surface area (Å²) in [5.74, 6) is 0. The van der Waals surface area contributed by atoms with Crippen molar-refractivity contribution in [1.29, 1.82) is 0 Å². The van der Waals surface area contributed by atoms with Gasteiger partial charge in [-0.05, 0) is 38.1 Å². The molecule has 1 fully saturated rings. The standard InChI is InChI=1S/C11H15NO2S.C2H6/c13-15(14,10-4-2-1-3-5-10)11-6-8-12-9-7-11;1-2/h1-5,11-12H,6-9H2;1-2H3. The second kappa shape index (κ2) is 6.77. The molecule has 0 unspecified atom stereocenters. The fourth-order valence-electron chi connectivity index (χ4n) is 1.91. The monoisotopic (exact) mass is 255 g/mol. The van der Waals surface area contributed by atoms with Gasteiger partial charge in [0.15, 0.2) is 9.84 Å². The summed E-state index contributed by atoms with van der Waals surface area (Å²) in [6.45, 7) is 5.60. The van der Waals surface area contributed by atoms with Gasteiger partial charge in [0.1, 0.15) is 0 Å². The van der Waals surface area contributed by atoms with Crippen molar-refractivity contribution in [3.05, 3.63) is 30.3 Å². The third-order valence-corrected chi connectivity index (χ3v) is 5.08. The molecule has 17 heavy (non-hydrogen) atoms. The molecule has 2 rings (SSSR count). The molecule has 1 heterocycles. The Morgan fingerprint density at radius 2 is 1.59 bits per heavy atom. The van der Waals surface area contributed by atoms with Crippen LogP contribution in [0.2, 0.25) is 0 Å². The molecule has 1 aromatic carbocycles. The minimum atomic E-state index is -3.10. The Balaban J connectivity index is 0.000000686. The van der Waals surface area contributed by atoms with Gasteiger partial charge >= 0.3 is 0 Å². The average molecular weight is 255 g/mol. The summed E-state index contributed by atoms with van der Waals surface area (Å²) in [7, 11) is -3.10. The Kier molecular flexibility index (Phi) is 5.65. The maximum atomic E-state index is 12.2. The van der Waals surface area contributed by atoms with E-state index in [2.05, 4.69) is 5.32 Å². The van der Waals surface area contributed by atoms with Crippen LogP contribution in [0, 0.1) is 0 Å². The van der Waals surface area contributed by atoms with Gasteiger partial charge < -0.3 is 5.32 Å². The van der Waals surface area contributed by atoms with E-state index in [0.29, 0.717) is 4.90 Å². The second-order valence-electron chi connectivity index (χ2n) is 3.81. The molecule has 4 heteroatoms. The second-order valence-corrected chi connectivity index (χ2v) is 6.04. The fourth-order valence-corrected chi connectivity index (χ4v) is 3.69. The molecule has 1 N–H and O–H groups in total. The Hall–Kier alpha value is -0.870. The lowest BCUT2D eigenvalue weighted by molar-refractivity contribution is 0.496. The molecule has 1 aliphatic rings. The van der Waals surface area contributed by atoms with Crippen LogP contribution in [0.4, 0.5) is 0 Å². The summed E-state index contributed by atoms with van der Waals surface area (Å²) < 4.78 is 24.3. The highest BCUT2D eigenvalue weighted by molar-refractivity contribution is 7.92. The lowest BCUT2D eigenvalue weighted by Crippen LogP contribution is -2.35. The van der Waals surface area contributed by atoms with Gasteiger partial charge in [-0.1, -0.05) is 32.0 Å². The Labute approximate surface area is 104 Å². The molecule has 0 atom stereocenters. The fraction of sp³-hybridized carbons (Fsp3) is 0.538. The van der Waals surface area contributed by atoms with Crippen LogP contribution in [0.5, 0.6) is 0 Å². The zero-order valence-electron chi connectivity index (χ0n) is 10.5. The van der Waals surface area contributed by atoms with Crippen molar-refractivity contribution in [3.8, 4) is 0 Å². The first-order chi connectivity index (χ1) is 8.21. The smallest absolute Gasteiger partial charge is 0.181 e. The van der Waals surface area contributed by atoms with Crippen molar-refractivity contribution in [1.82, 2.24) is 5.32 Å². The first kappa shape index (κ1) is 14.2. The minimum Gasteiger partial charge on any atom is -0.317 e. The van der Waals surface area contributed by atoms with Crippen LogP contribution in [-0.2, 0) is 9.84 Å². The van der Waals surface area contributed by atoms with E-state index in [-0.39, 0.29) is 5.25 Å². The molecule has 0 radical (unpaired) electrons. The molecular weight excluding hydrogens is 234 g/mol. The summed E-state index contributed by atoms with van der Waals surface area (Å²) in [6.07, 6.45) is 1.44. The summed E-state index contributed by atoms with van der Waals surface area (Å²) >= 11 is 0. The summed E-state index contributed by atoms with van der Waals surface area (Å²) in [5, 5.41) is 2.97. The molecule has 96 valence electrons. The number of sulfone groups is 1. The van der Waals surface area contributed by atoms with Crippen LogP contribution in [0.3, 0.4) is 0 Å². The molecule has 0 aromatic heterocycles. The lowest BCUT2D eigenvalue weighted by Gasteiger charge is -2.22. The highest BCUT2D eigenvalue weighted by Gasteiger charge is 2.28. The van der Waals surface area contributed by atoms with Crippen LogP contribution >= 0.6 is 0 Å². The zero-order valence-corrected chi connectivity index (χ0v) is 11.3. The van der Waals surface area contributed by atoms with Crippen LogP contribution in [0.1, 0.15) is 26.7 Å². The van der Waals surface area contributed by atoms with E-state index in [4.69, 9.17) is 0 Å². The molecule has 0 saturated carbocycles. The number of piperidine rings is 1. The van der Waals surface area contributed by atoms with E-state index in [1.54, 1.807) is 24.3 Å². The molecule has 3 nitrogen and oxygen atoms in total. The van der Waals surface area contributed by atoms with Crippen LogP contribution in [0.25, 0.3) is 0 Å². The Morgan fingerprint density at radius 3 is 2.12 bits per heavy atom. The van der Waals surface area contributed by atoms with E-state index in [9.17, 15) is 8.42 Å². The lowest BCUT2D eigenvalue weighted by atomic mass is 10.2. The van der Waals surface area contributed by atoms with Crippen molar-refractivity contribution < 1.29 is 8.42 Å². The summed E-state index contributed by atoms with van der Waals surface area (Å²) in [5.41, 5.74) is 0. The summed E-state index contributed by atoms with van der Waals surface area (Å²) in [6, 6.07) is 8.73. The Bertz CT molecular complexity index is 408. The molecule has 1 saturated heterocycles. The summed E-state index contributed by atoms with van der Waals surface area (Å²) in [4.78, 5) is 0.455. The van der Waals surface area contributed by atoms with Gasteiger partial charge in [0, 0.05) is 0 Å². The molecule has 0 bridgehead atoms. The maximum Gasteiger partial charge on any atom is 0.181 e. The number of rotatable bonds is 2. The van der Waals surface area contributed by atoms with E-state index in [0.717, 1.165) is 25.9 Å². The molecule has 0 amide bonds. The third-order valence-electron chi connectivity index (χ3n) is 2.80. The first-order valence-corrected chi connectivity index (χ1v) is 7.75. The molecule has 0 spiro atoms. The van der Waals surface area contributed by atoms with Gasteiger partial charge in [-0.15, -0.1) is 0 Å². The molecule has 1 aliphatic heterocycles. The highest BCUT2D eigenvalue weighted by atomic mass is 32.2. The zero-order chi connectivity index (χ0) is 12.7. The normalized spacial score (nSPS) is 17.1. The number of hydrogen-bond acceptors (Lipinski definition) is 3. The molecule has 1 aromatic rings. The van der Waals surface area contributed by atoms with Gasteiger partial charge in [-0.2, -0.15) is 0 Å². The molecular formula is C13H21NO2S. The van der Waals surface area contributed by atoms with Gasteiger partial charge in [-0.25, -0.2) is 8.42 Å². The SMILES string of the molecule is CC.O=S(=O)(c1ccccc1)C1CCNCC1. The van der Waals surface area contributed by atoms with Crippen LogP contribution in [-0.4, -0.2) is 26.8 Å². The van der Waals surface area contributed by atoms with Gasteiger partial charge in [0.2, 0.25) is 0 Å². The molecule has 0 aliphatic carbocycles. The van der Waals surface area contributed by atoms with Gasteiger partial charge in [-0.3, -0.25) is 0 Å². The third kappa shape index (κ3) is 3.54. The van der Waals surface area contributed by atoms with Crippen LogP contribution < -0.4 is 5.32 Å². The van der Waals surface area contributed by atoms with Gasteiger partial charge in [0.05, 0.1) is 10.1 Å². The van der Waals surface area contributed by atoms with Gasteiger partial charge in [0.25, 0.3) is 0 Å². The number of hydrogen-bond donors (Lipinski definition) is 1.